The highest BCUT2D eigenvalue weighted by Gasteiger charge is 2.41. The van der Waals surface area contributed by atoms with Gasteiger partial charge in [0.2, 0.25) is 5.91 Å². The van der Waals surface area contributed by atoms with E-state index in [1.165, 1.54) is 53.4 Å². The Kier molecular flexibility index (Phi) is 9.33. The van der Waals surface area contributed by atoms with Crippen molar-refractivity contribution in [1.29, 1.82) is 0 Å². The summed E-state index contributed by atoms with van der Waals surface area (Å²) in [4.78, 5) is 65.1. The Bertz CT molecular complexity index is 1200. The third-order valence-electron chi connectivity index (χ3n) is 5.44. The van der Waals surface area contributed by atoms with Crippen LogP contribution < -0.4 is 5.32 Å². The maximum absolute atomic E-state index is 13.1. The Balaban J connectivity index is 1.69. The smallest absolute Gasteiger partial charge is 0.410 e. The molecule has 13 heteroatoms. The van der Waals surface area contributed by atoms with E-state index < -0.39 is 28.9 Å². The molecule has 2 atom stereocenters. The second kappa shape index (κ2) is 12.6. The van der Waals surface area contributed by atoms with Crippen molar-refractivity contribution in [2.75, 3.05) is 18.5 Å². The van der Waals surface area contributed by atoms with Gasteiger partial charge in [-0.3, -0.25) is 24.6 Å². The monoisotopic (exact) mass is 528 g/mol. The number of aromatic nitrogens is 1. The van der Waals surface area contributed by atoms with Crippen molar-refractivity contribution < 1.29 is 33.6 Å². The lowest BCUT2D eigenvalue weighted by molar-refractivity contribution is -0.384. The lowest BCUT2D eigenvalue weighted by atomic mass is 10.0. The first-order valence-corrected chi connectivity index (χ1v) is 11.6. The predicted molar refractivity (Wildman–Crippen MR) is 134 cm³/mol. The minimum Gasteiger partial charge on any atom is -0.457 e. The Morgan fingerprint density at radius 1 is 1.19 bits per heavy atom. The number of nitrogens with zero attached hydrogens (tertiary/aromatic N) is 3. The SMILES string of the molecule is C=CCOC(=O)c1cccc(NC(=O)[C@@H]2C[C@@H](CC(=O)S)CN2C(=O)OCc2ccc([N+](=O)[O-])cc2)n1. The molecule has 1 fully saturated rings. The van der Waals surface area contributed by atoms with Crippen LogP contribution in [0.2, 0.25) is 0 Å². The molecule has 0 radical (unpaired) electrons. The molecule has 2 aromatic rings. The normalized spacial score (nSPS) is 16.5. The van der Waals surface area contributed by atoms with E-state index in [0.717, 1.165) is 0 Å². The van der Waals surface area contributed by atoms with Crippen molar-refractivity contribution >= 4 is 47.2 Å². The van der Waals surface area contributed by atoms with Gasteiger partial charge in [0.25, 0.3) is 5.69 Å². The molecule has 0 aliphatic carbocycles. The summed E-state index contributed by atoms with van der Waals surface area (Å²) in [5, 5.41) is 13.0. The number of pyridine rings is 1. The van der Waals surface area contributed by atoms with Crippen LogP contribution in [0.4, 0.5) is 16.3 Å². The average molecular weight is 529 g/mol. The molecule has 0 unspecified atom stereocenters. The summed E-state index contributed by atoms with van der Waals surface area (Å²) < 4.78 is 10.3. The first-order chi connectivity index (χ1) is 17.7. The quantitative estimate of drug-likeness (QED) is 0.155. The van der Waals surface area contributed by atoms with Gasteiger partial charge >= 0.3 is 12.1 Å². The molecule has 12 nitrogen and oxygen atoms in total. The molecule has 2 amide bonds. The number of non-ortho nitro benzene ring substituents is 1. The summed E-state index contributed by atoms with van der Waals surface area (Å²) in [7, 11) is 0. The van der Waals surface area contributed by atoms with E-state index in [4.69, 9.17) is 9.47 Å². The molecule has 2 heterocycles. The Labute approximate surface area is 217 Å². The zero-order valence-corrected chi connectivity index (χ0v) is 20.5. The van der Waals surface area contributed by atoms with Gasteiger partial charge in [-0.1, -0.05) is 18.7 Å². The number of nitro groups is 1. The highest BCUT2D eigenvalue weighted by Crippen LogP contribution is 2.28. The summed E-state index contributed by atoms with van der Waals surface area (Å²) in [6, 6.07) is 8.94. The van der Waals surface area contributed by atoms with Crippen LogP contribution in [0.15, 0.2) is 55.1 Å². The van der Waals surface area contributed by atoms with Crippen LogP contribution in [0.1, 0.15) is 28.9 Å². The number of rotatable bonds is 10. The standard InChI is InChI=1S/C24H24N4O8S/c1-2-10-35-23(31)18-4-3-5-20(25-18)26-22(30)19-11-16(12-21(29)37)13-27(19)24(32)36-14-15-6-8-17(9-7-15)28(33)34/h2-9,16,19H,1,10-14H2,(H,29,37)(H,25,26,30)/t16-,19-/m0/s1. The Morgan fingerprint density at radius 2 is 1.92 bits per heavy atom. The largest absolute Gasteiger partial charge is 0.457 e. The average Bonchev–Trinajstić information content (AvgIpc) is 3.29. The highest BCUT2D eigenvalue weighted by molar-refractivity contribution is 7.96. The molecule has 1 saturated heterocycles. The second-order valence-electron chi connectivity index (χ2n) is 8.13. The van der Waals surface area contributed by atoms with E-state index in [9.17, 15) is 29.3 Å². The number of esters is 1. The van der Waals surface area contributed by atoms with Crippen LogP contribution in [0.25, 0.3) is 0 Å². The van der Waals surface area contributed by atoms with Gasteiger partial charge in [-0.25, -0.2) is 14.6 Å². The molecule has 37 heavy (non-hydrogen) atoms. The summed E-state index contributed by atoms with van der Waals surface area (Å²) >= 11 is 3.80. The van der Waals surface area contributed by atoms with Gasteiger partial charge in [0.05, 0.1) is 4.92 Å². The maximum atomic E-state index is 13.1. The number of nitrogens with one attached hydrogen (secondary N) is 1. The van der Waals surface area contributed by atoms with E-state index in [1.54, 1.807) is 0 Å². The van der Waals surface area contributed by atoms with Crippen molar-refractivity contribution in [3.8, 4) is 0 Å². The number of hydrogen-bond donors (Lipinski definition) is 2. The Hall–Kier alpha value is -4.26. The number of hydrogen-bond acceptors (Lipinski definition) is 9. The molecule has 1 N–H and O–H groups in total. The number of benzene rings is 1. The zero-order valence-electron chi connectivity index (χ0n) is 19.6. The first kappa shape index (κ1) is 27.3. The molecule has 1 aromatic heterocycles. The third kappa shape index (κ3) is 7.61. The minimum atomic E-state index is -0.972. The van der Waals surface area contributed by atoms with Crippen LogP contribution in [0.5, 0.6) is 0 Å². The molecule has 1 aromatic carbocycles. The van der Waals surface area contributed by atoms with Gasteiger partial charge in [0, 0.05) is 25.1 Å². The summed E-state index contributed by atoms with van der Waals surface area (Å²) in [6.07, 6.45) is 0.862. The molecule has 0 saturated carbocycles. The van der Waals surface area contributed by atoms with Crippen LogP contribution in [0.3, 0.4) is 0 Å². The molecule has 194 valence electrons. The summed E-state index contributed by atoms with van der Waals surface area (Å²) in [5.74, 6) is -1.52. The third-order valence-corrected chi connectivity index (χ3v) is 5.62. The van der Waals surface area contributed by atoms with Crippen LogP contribution >= 0.6 is 12.6 Å². The molecule has 1 aliphatic heterocycles. The van der Waals surface area contributed by atoms with Gasteiger partial charge in [0.15, 0.2) is 10.8 Å². The van der Waals surface area contributed by atoms with Crippen molar-refractivity contribution in [3.05, 3.63) is 76.5 Å². The Morgan fingerprint density at radius 3 is 2.57 bits per heavy atom. The van der Waals surface area contributed by atoms with Gasteiger partial charge in [0.1, 0.15) is 25.1 Å². The number of likely N-dealkylation sites (tertiary alicyclic amines) is 1. The zero-order chi connectivity index (χ0) is 26.9. The summed E-state index contributed by atoms with van der Waals surface area (Å²) in [6.45, 7) is 3.38. The molecule has 0 spiro atoms. The lowest BCUT2D eigenvalue weighted by Crippen LogP contribution is -2.43. The predicted octanol–water partition coefficient (Wildman–Crippen LogP) is 3.14. The van der Waals surface area contributed by atoms with Crippen molar-refractivity contribution in [2.24, 2.45) is 5.92 Å². The number of carbonyl (C=O) groups excluding carboxylic acids is 4. The molecule has 1 aliphatic rings. The van der Waals surface area contributed by atoms with Gasteiger partial charge < -0.3 is 14.8 Å². The van der Waals surface area contributed by atoms with Crippen LogP contribution in [-0.2, 0) is 25.7 Å². The molecular formula is C24H24N4O8S. The fraction of sp³-hybridized carbons (Fsp3) is 0.292. The highest BCUT2D eigenvalue weighted by atomic mass is 32.1. The van der Waals surface area contributed by atoms with Crippen molar-refractivity contribution in [3.63, 3.8) is 0 Å². The number of carbonyl (C=O) groups is 4. The van der Waals surface area contributed by atoms with E-state index in [-0.39, 0.29) is 60.8 Å². The number of anilines is 1. The van der Waals surface area contributed by atoms with E-state index in [1.807, 2.05) is 0 Å². The number of thiol groups is 1. The first-order valence-electron chi connectivity index (χ1n) is 11.1. The van der Waals surface area contributed by atoms with Crippen LogP contribution in [0, 0.1) is 16.0 Å². The van der Waals surface area contributed by atoms with Crippen molar-refractivity contribution in [1.82, 2.24) is 9.88 Å². The van der Waals surface area contributed by atoms with Gasteiger partial charge in [-0.15, -0.1) is 12.6 Å². The fourth-order valence-corrected chi connectivity index (χ4v) is 4.00. The topological polar surface area (TPSA) is 158 Å². The summed E-state index contributed by atoms with van der Waals surface area (Å²) in [5.41, 5.74) is 0.395. The molecule has 0 bridgehead atoms. The van der Waals surface area contributed by atoms with E-state index in [0.29, 0.717) is 5.56 Å². The van der Waals surface area contributed by atoms with Gasteiger partial charge in [-0.05, 0) is 42.2 Å². The van der Waals surface area contributed by atoms with Gasteiger partial charge in [-0.2, -0.15) is 0 Å². The second-order valence-corrected chi connectivity index (χ2v) is 8.63. The van der Waals surface area contributed by atoms with Crippen LogP contribution in [-0.4, -0.2) is 57.1 Å². The van der Waals surface area contributed by atoms with E-state index >= 15 is 0 Å². The lowest BCUT2D eigenvalue weighted by Gasteiger charge is -2.23. The number of ether oxygens (including phenoxy) is 2. The minimum absolute atomic E-state index is 0.00136. The molecular weight excluding hydrogens is 504 g/mol. The molecule has 3 rings (SSSR count). The maximum Gasteiger partial charge on any atom is 0.410 e. The van der Waals surface area contributed by atoms with Crippen molar-refractivity contribution in [2.45, 2.75) is 25.5 Å². The number of amides is 2. The number of nitro benzene ring substituents is 1. The van der Waals surface area contributed by atoms with E-state index in [2.05, 4.69) is 29.5 Å². The fourth-order valence-electron chi connectivity index (χ4n) is 3.75.